The minimum absolute atomic E-state index is 0.0722. The first kappa shape index (κ1) is 18.4. The molecule has 122 valence electrons. The van der Waals surface area contributed by atoms with Gasteiger partial charge in [-0.2, -0.15) is 0 Å². The molecule has 1 fully saturated rings. The molecule has 0 saturated heterocycles. The fraction of sp³-hybridized carbons (Fsp3) is 0.929. The molecule has 3 atom stereocenters. The molecular weight excluding hydrogens is 271 g/mol. The highest BCUT2D eigenvalue weighted by molar-refractivity contribution is 6.40. The van der Waals surface area contributed by atoms with Gasteiger partial charge >= 0.3 is 13.1 Å². The van der Waals surface area contributed by atoms with Gasteiger partial charge in [0.05, 0.1) is 0 Å². The molecule has 0 aliphatic heterocycles. The number of hydrogen-bond donors (Lipinski definition) is 5. The van der Waals surface area contributed by atoms with E-state index in [4.69, 9.17) is 15.8 Å². The molecule has 0 heterocycles. The Morgan fingerprint density at radius 2 is 2.00 bits per heavy atom. The number of nitrogens with one attached hydrogen (secondary N) is 1. The van der Waals surface area contributed by atoms with Crippen LogP contribution in [-0.2, 0) is 4.79 Å². The summed E-state index contributed by atoms with van der Waals surface area (Å²) < 4.78 is 0. The van der Waals surface area contributed by atoms with Crippen LogP contribution in [0.3, 0.4) is 0 Å². The lowest BCUT2D eigenvalue weighted by Gasteiger charge is -2.42. The van der Waals surface area contributed by atoms with Gasteiger partial charge in [-0.1, -0.05) is 6.42 Å². The van der Waals surface area contributed by atoms with E-state index in [1.165, 1.54) is 0 Å². The quantitative estimate of drug-likeness (QED) is 0.454. The van der Waals surface area contributed by atoms with Gasteiger partial charge in [0.15, 0.2) is 0 Å². The topological polar surface area (TPSA) is 116 Å². The second-order valence-corrected chi connectivity index (χ2v) is 7.38. The monoisotopic (exact) mass is 300 g/mol. The lowest BCUT2D eigenvalue weighted by molar-refractivity contribution is -0.148. The second-order valence-electron chi connectivity index (χ2n) is 7.38. The number of aliphatic carboxylic acids is 1. The van der Waals surface area contributed by atoms with Crippen LogP contribution in [0.15, 0.2) is 0 Å². The van der Waals surface area contributed by atoms with Crippen molar-refractivity contribution < 1.29 is 19.9 Å². The maximum absolute atomic E-state index is 11.6. The Hall–Kier alpha value is -0.625. The molecule has 1 rings (SSSR count). The highest BCUT2D eigenvalue weighted by Crippen LogP contribution is 2.38. The van der Waals surface area contributed by atoms with Crippen molar-refractivity contribution >= 4 is 13.1 Å². The van der Waals surface area contributed by atoms with Gasteiger partial charge in [0, 0.05) is 18.0 Å². The zero-order valence-corrected chi connectivity index (χ0v) is 13.3. The van der Waals surface area contributed by atoms with E-state index < -0.39 is 18.6 Å². The minimum Gasteiger partial charge on any atom is -0.480 e. The minimum atomic E-state index is -1.33. The van der Waals surface area contributed by atoms with Crippen LogP contribution in [0.2, 0.25) is 6.32 Å². The third-order valence-electron chi connectivity index (χ3n) is 4.39. The first-order valence-corrected chi connectivity index (χ1v) is 7.68. The number of rotatable bonds is 6. The van der Waals surface area contributed by atoms with Crippen LogP contribution in [0, 0.1) is 11.8 Å². The predicted molar refractivity (Wildman–Crippen MR) is 82.8 cm³/mol. The van der Waals surface area contributed by atoms with Gasteiger partial charge in [0.1, 0.15) is 5.54 Å². The first-order chi connectivity index (χ1) is 9.54. The van der Waals surface area contributed by atoms with Crippen molar-refractivity contribution in [2.75, 3.05) is 6.54 Å². The van der Waals surface area contributed by atoms with Crippen LogP contribution in [0.4, 0.5) is 0 Å². The number of carboxylic acid groups (broad SMARTS) is 1. The molecule has 1 aliphatic rings. The molecule has 0 spiro atoms. The molecule has 1 aliphatic carbocycles. The van der Waals surface area contributed by atoms with E-state index in [9.17, 15) is 9.90 Å². The van der Waals surface area contributed by atoms with Crippen LogP contribution >= 0.6 is 0 Å². The number of nitrogens with two attached hydrogens (primary N) is 1. The Morgan fingerprint density at radius 3 is 2.48 bits per heavy atom. The highest BCUT2D eigenvalue weighted by atomic mass is 16.4. The summed E-state index contributed by atoms with van der Waals surface area (Å²) in [6.07, 6.45) is 2.90. The smallest absolute Gasteiger partial charge is 0.451 e. The van der Waals surface area contributed by atoms with Crippen LogP contribution in [0.25, 0.3) is 0 Å². The van der Waals surface area contributed by atoms with Gasteiger partial charge < -0.3 is 26.2 Å². The van der Waals surface area contributed by atoms with E-state index in [1.54, 1.807) is 0 Å². The molecule has 7 heteroatoms. The zero-order valence-electron chi connectivity index (χ0n) is 13.3. The Bertz CT molecular complexity index is 359. The van der Waals surface area contributed by atoms with E-state index in [0.717, 1.165) is 12.8 Å². The maximum atomic E-state index is 11.6. The van der Waals surface area contributed by atoms with Crippen molar-refractivity contribution in [2.45, 2.75) is 63.9 Å². The van der Waals surface area contributed by atoms with Gasteiger partial charge in [-0.3, -0.25) is 4.79 Å². The second kappa shape index (κ2) is 7.09. The molecule has 0 radical (unpaired) electrons. The summed E-state index contributed by atoms with van der Waals surface area (Å²) in [5.74, 6) is -0.930. The van der Waals surface area contributed by atoms with E-state index >= 15 is 0 Å². The van der Waals surface area contributed by atoms with Gasteiger partial charge in [-0.25, -0.2) is 0 Å². The molecule has 0 aromatic carbocycles. The highest BCUT2D eigenvalue weighted by Gasteiger charge is 2.46. The number of hydrogen-bond acceptors (Lipinski definition) is 5. The van der Waals surface area contributed by atoms with Gasteiger partial charge in [0.25, 0.3) is 0 Å². The Kier molecular flexibility index (Phi) is 6.22. The predicted octanol–water partition coefficient (Wildman–Crippen LogP) is 0.436. The summed E-state index contributed by atoms with van der Waals surface area (Å²) >= 11 is 0. The van der Waals surface area contributed by atoms with Crippen LogP contribution in [0.1, 0.15) is 46.5 Å². The molecule has 0 aromatic rings. The molecule has 0 bridgehead atoms. The Balaban J connectivity index is 2.68. The van der Waals surface area contributed by atoms with E-state index in [0.29, 0.717) is 19.4 Å². The third kappa shape index (κ3) is 5.58. The van der Waals surface area contributed by atoms with E-state index in [-0.39, 0.29) is 23.7 Å². The molecule has 1 saturated carbocycles. The SMILES string of the molecule is CC(C)(C)NCC1CC[C@@H](CCB(O)O)C[C@]1(N)C(=O)O. The van der Waals surface area contributed by atoms with Crippen LogP contribution < -0.4 is 11.1 Å². The summed E-state index contributed by atoms with van der Waals surface area (Å²) in [5.41, 5.74) is 4.90. The molecule has 21 heavy (non-hydrogen) atoms. The van der Waals surface area contributed by atoms with Gasteiger partial charge in [-0.05, 0) is 52.3 Å². The summed E-state index contributed by atoms with van der Waals surface area (Å²) in [4.78, 5) is 11.6. The first-order valence-electron chi connectivity index (χ1n) is 7.68. The average molecular weight is 300 g/mol. The molecule has 0 amide bonds. The average Bonchev–Trinajstić information content (AvgIpc) is 2.33. The molecule has 6 N–H and O–H groups in total. The van der Waals surface area contributed by atoms with Crippen molar-refractivity contribution in [3.05, 3.63) is 0 Å². The van der Waals surface area contributed by atoms with Crippen LogP contribution in [0.5, 0.6) is 0 Å². The summed E-state index contributed by atoms with van der Waals surface area (Å²) in [7, 11) is -1.33. The Labute approximate surface area is 127 Å². The summed E-state index contributed by atoms with van der Waals surface area (Å²) in [6, 6.07) is 0. The van der Waals surface area contributed by atoms with E-state index in [1.807, 2.05) is 20.8 Å². The van der Waals surface area contributed by atoms with Crippen molar-refractivity contribution in [1.82, 2.24) is 5.32 Å². The standard InChI is InChI=1S/C14H29BN2O4/c1-13(2,3)17-9-11-5-4-10(6-7-15(20)21)8-14(11,16)12(18)19/h10-11,17,20-21H,4-9,16H2,1-3H3,(H,18,19)/t10-,11?,14+/m0/s1. The fourth-order valence-electron chi connectivity index (χ4n) is 3.05. The van der Waals surface area contributed by atoms with E-state index in [2.05, 4.69) is 5.32 Å². The molecule has 1 unspecified atom stereocenters. The normalized spacial score (nSPS) is 30.2. The molecule has 6 nitrogen and oxygen atoms in total. The summed E-state index contributed by atoms with van der Waals surface area (Å²) in [6.45, 7) is 6.71. The Morgan fingerprint density at radius 1 is 1.38 bits per heavy atom. The molecular formula is C14H29BN2O4. The van der Waals surface area contributed by atoms with Crippen molar-refractivity contribution in [2.24, 2.45) is 17.6 Å². The summed E-state index contributed by atoms with van der Waals surface area (Å²) in [5, 5.41) is 30.8. The largest absolute Gasteiger partial charge is 0.480 e. The lowest BCUT2D eigenvalue weighted by atomic mass is 9.66. The van der Waals surface area contributed by atoms with Gasteiger partial charge in [-0.15, -0.1) is 0 Å². The lowest BCUT2D eigenvalue weighted by Crippen LogP contribution is -2.60. The fourth-order valence-corrected chi connectivity index (χ4v) is 3.05. The van der Waals surface area contributed by atoms with Crippen molar-refractivity contribution in [3.63, 3.8) is 0 Å². The van der Waals surface area contributed by atoms with Gasteiger partial charge in [0.2, 0.25) is 0 Å². The third-order valence-corrected chi connectivity index (χ3v) is 4.39. The zero-order chi connectivity index (χ0) is 16.3. The number of carboxylic acids is 1. The van der Waals surface area contributed by atoms with Crippen LogP contribution in [-0.4, -0.2) is 45.9 Å². The maximum Gasteiger partial charge on any atom is 0.451 e. The number of carbonyl (C=O) groups is 1. The van der Waals surface area contributed by atoms with Crippen molar-refractivity contribution in [3.8, 4) is 0 Å². The molecule has 0 aromatic heterocycles. The van der Waals surface area contributed by atoms with Crippen molar-refractivity contribution in [1.29, 1.82) is 0 Å².